The minimum atomic E-state index is -1.52. The highest BCUT2D eigenvalue weighted by molar-refractivity contribution is 5.54. The molecular formula is C15H12F3N5O. The van der Waals surface area contributed by atoms with Crippen LogP contribution in [0.25, 0.3) is 11.4 Å². The van der Waals surface area contributed by atoms with E-state index in [1.165, 1.54) is 0 Å². The molecule has 0 spiro atoms. The predicted molar refractivity (Wildman–Crippen MR) is 76.0 cm³/mol. The van der Waals surface area contributed by atoms with Gasteiger partial charge in [0, 0.05) is 25.1 Å². The lowest BCUT2D eigenvalue weighted by Crippen LogP contribution is -2.30. The normalized spacial score (nSPS) is 14.8. The third-order valence-corrected chi connectivity index (χ3v) is 3.92. The lowest BCUT2D eigenvalue weighted by Gasteiger charge is -2.24. The van der Waals surface area contributed by atoms with E-state index in [0.29, 0.717) is 19.0 Å². The number of nitrogens with zero attached hydrogens (tertiary/aromatic N) is 4. The maximum atomic E-state index is 13.3. The van der Waals surface area contributed by atoms with Gasteiger partial charge >= 0.3 is 0 Å². The van der Waals surface area contributed by atoms with Crippen LogP contribution in [-0.4, -0.2) is 31.6 Å². The van der Waals surface area contributed by atoms with Crippen LogP contribution < -0.4 is 0 Å². The molecule has 0 radical (unpaired) electrons. The molecule has 6 nitrogen and oxygen atoms in total. The zero-order valence-corrected chi connectivity index (χ0v) is 12.4. The van der Waals surface area contributed by atoms with Gasteiger partial charge in [0.1, 0.15) is 0 Å². The number of aromatic amines is 1. The van der Waals surface area contributed by atoms with Gasteiger partial charge < -0.3 is 9.51 Å². The molecule has 0 atom stereocenters. The highest BCUT2D eigenvalue weighted by atomic mass is 19.2. The van der Waals surface area contributed by atoms with Crippen molar-refractivity contribution < 1.29 is 17.7 Å². The van der Waals surface area contributed by atoms with Gasteiger partial charge in [-0.2, -0.15) is 4.98 Å². The molecule has 24 heavy (non-hydrogen) atoms. The van der Waals surface area contributed by atoms with Crippen molar-refractivity contribution in [2.24, 2.45) is 0 Å². The zero-order valence-electron chi connectivity index (χ0n) is 12.4. The molecular weight excluding hydrogens is 323 g/mol. The van der Waals surface area contributed by atoms with Crippen LogP contribution >= 0.6 is 0 Å². The van der Waals surface area contributed by atoms with Crippen molar-refractivity contribution in [3.63, 3.8) is 0 Å². The number of H-pyrrole nitrogens is 1. The Morgan fingerprint density at radius 2 is 2.00 bits per heavy atom. The van der Waals surface area contributed by atoms with E-state index in [9.17, 15) is 13.2 Å². The van der Waals surface area contributed by atoms with Crippen molar-refractivity contribution in [1.29, 1.82) is 0 Å². The van der Waals surface area contributed by atoms with Crippen molar-refractivity contribution in [2.45, 2.75) is 19.5 Å². The second-order valence-corrected chi connectivity index (χ2v) is 5.55. The van der Waals surface area contributed by atoms with Crippen LogP contribution in [0.1, 0.15) is 17.3 Å². The number of hydrogen-bond acceptors (Lipinski definition) is 5. The fraction of sp³-hybridized carbons (Fsp3) is 0.267. The standard InChI is InChI=1S/C15H12F3N5O/c16-9-3-8(4-10(17)14(9)18)15-21-13(24-22-15)6-23-2-1-11-12(5-23)20-7-19-11/h3-4,7H,1-2,5-6H2,(H,19,20). The van der Waals surface area contributed by atoms with Crippen molar-refractivity contribution in [1.82, 2.24) is 25.0 Å². The number of nitrogens with one attached hydrogen (secondary N) is 1. The largest absolute Gasteiger partial charge is 0.347 e. The summed E-state index contributed by atoms with van der Waals surface area (Å²) >= 11 is 0. The van der Waals surface area contributed by atoms with E-state index in [0.717, 1.165) is 36.5 Å². The lowest BCUT2D eigenvalue weighted by atomic mass is 10.1. The molecule has 4 rings (SSSR count). The fourth-order valence-corrected chi connectivity index (χ4v) is 2.72. The molecule has 124 valence electrons. The fourth-order valence-electron chi connectivity index (χ4n) is 2.72. The van der Waals surface area contributed by atoms with Crippen LogP contribution in [0.3, 0.4) is 0 Å². The first-order valence-corrected chi connectivity index (χ1v) is 7.31. The number of benzene rings is 1. The Morgan fingerprint density at radius 1 is 1.21 bits per heavy atom. The number of imidazole rings is 1. The van der Waals surface area contributed by atoms with E-state index in [2.05, 4.69) is 25.0 Å². The van der Waals surface area contributed by atoms with Crippen molar-refractivity contribution in [2.75, 3.05) is 6.54 Å². The summed E-state index contributed by atoms with van der Waals surface area (Å²) in [6.45, 7) is 1.86. The van der Waals surface area contributed by atoms with Crippen LogP contribution in [-0.2, 0) is 19.5 Å². The Balaban J connectivity index is 1.51. The number of halogens is 3. The lowest BCUT2D eigenvalue weighted by molar-refractivity contribution is 0.207. The van der Waals surface area contributed by atoms with Crippen LogP contribution in [0.5, 0.6) is 0 Å². The summed E-state index contributed by atoms with van der Waals surface area (Å²) in [5.41, 5.74) is 2.12. The Morgan fingerprint density at radius 3 is 2.79 bits per heavy atom. The predicted octanol–water partition coefficient (Wildman–Crippen LogP) is 2.44. The highest BCUT2D eigenvalue weighted by Gasteiger charge is 2.21. The highest BCUT2D eigenvalue weighted by Crippen LogP contribution is 2.22. The molecule has 0 fully saturated rings. The van der Waals surface area contributed by atoms with Crippen LogP contribution in [0, 0.1) is 17.5 Å². The van der Waals surface area contributed by atoms with Gasteiger partial charge in [-0.15, -0.1) is 0 Å². The summed E-state index contributed by atoms with van der Waals surface area (Å²) in [5, 5.41) is 3.71. The van der Waals surface area contributed by atoms with Gasteiger partial charge in [0.05, 0.1) is 24.3 Å². The molecule has 3 heterocycles. The smallest absolute Gasteiger partial charge is 0.241 e. The van der Waals surface area contributed by atoms with Gasteiger partial charge in [0.2, 0.25) is 11.7 Å². The molecule has 1 aliphatic heterocycles. The SMILES string of the molecule is Fc1cc(-c2noc(CN3CCc4nc[nH]c4C3)n2)cc(F)c1F. The van der Waals surface area contributed by atoms with Crippen LogP contribution in [0.15, 0.2) is 23.0 Å². The summed E-state index contributed by atoms with van der Waals surface area (Å²) in [6.07, 6.45) is 2.48. The van der Waals surface area contributed by atoms with Gasteiger partial charge in [0.25, 0.3) is 0 Å². The first-order valence-electron chi connectivity index (χ1n) is 7.31. The Kier molecular flexibility index (Phi) is 3.57. The van der Waals surface area contributed by atoms with Crippen LogP contribution in [0.4, 0.5) is 13.2 Å². The average Bonchev–Trinajstić information content (AvgIpc) is 3.21. The molecule has 0 saturated heterocycles. The third kappa shape index (κ3) is 2.67. The van der Waals surface area contributed by atoms with Gasteiger partial charge in [-0.25, -0.2) is 18.2 Å². The van der Waals surface area contributed by atoms with E-state index < -0.39 is 17.5 Å². The topological polar surface area (TPSA) is 70.8 Å². The molecule has 2 aromatic heterocycles. The van der Waals surface area contributed by atoms with Crippen molar-refractivity contribution in [3.05, 3.63) is 53.2 Å². The minimum absolute atomic E-state index is 0.0158. The average molecular weight is 335 g/mol. The summed E-state index contributed by atoms with van der Waals surface area (Å²) in [7, 11) is 0. The van der Waals surface area contributed by atoms with E-state index >= 15 is 0 Å². The summed E-state index contributed by atoms with van der Waals surface area (Å²) in [6, 6.07) is 1.68. The summed E-state index contributed by atoms with van der Waals surface area (Å²) < 4.78 is 44.7. The Labute approximate surface area is 134 Å². The molecule has 9 heteroatoms. The number of hydrogen-bond donors (Lipinski definition) is 1. The third-order valence-electron chi connectivity index (χ3n) is 3.92. The second kappa shape index (κ2) is 5.75. The number of aromatic nitrogens is 4. The van der Waals surface area contributed by atoms with Crippen LogP contribution in [0.2, 0.25) is 0 Å². The maximum Gasteiger partial charge on any atom is 0.241 e. The van der Waals surface area contributed by atoms with Gasteiger partial charge in [-0.3, -0.25) is 4.90 Å². The maximum absolute atomic E-state index is 13.3. The number of fused-ring (bicyclic) bond motifs is 1. The van der Waals surface area contributed by atoms with Crippen molar-refractivity contribution >= 4 is 0 Å². The Hall–Kier alpha value is -2.68. The molecule has 3 aromatic rings. The van der Waals surface area contributed by atoms with Crippen molar-refractivity contribution in [3.8, 4) is 11.4 Å². The molecule has 0 saturated carbocycles. The Bertz CT molecular complexity index is 868. The molecule has 0 unspecified atom stereocenters. The molecule has 1 N–H and O–H groups in total. The van der Waals surface area contributed by atoms with E-state index in [4.69, 9.17) is 4.52 Å². The molecule has 1 aromatic carbocycles. The van der Waals surface area contributed by atoms with Gasteiger partial charge in [0.15, 0.2) is 17.5 Å². The first-order chi connectivity index (χ1) is 11.6. The van der Waals surface area contributed by atoms with Gasteiger partial charge in [-0.1, -0.05) is 5.16 Å². The second-order valence-electron chi connectivity index (χ2n) is 5.55. The minimum Gasteiger partial charge on any atom is -0.347 e. The van der Waals surface area contributed by atoms with E-state index in [-0.39, 0.29) is 11.4 Å². The van der Waals surface area contributed by atoms with Gasteiger partial charge in [-0.05, 0) is 12.1 Å². The molecule has 0 bridgehead atoms. The number of rotatable bonds is 3. The summed E-state index contributed by atoms with van der Waals surface area (Å²) in [5.74, 6) is -3.77. The first kappa shape index (κ1) is 14.9. The quantitative estimate of drug-likeness (QED) is 0.745. The zero-order chi connectivity index (χ0) is 16.7. The monoisotopic (exact) mass is 335 g/mol. The van der Waals surface area contributed by atoms with E-state index in [1.54, 1.807) is 6.33 Å². The molecule has 1 aliphatic rings. The molecule has 0 amide bonds. The summed E-state index contributed by atoms with van der Waals surface area (Å²) in [4.78, 5) is 13.5. The molecule has 0 aliphatic carbocycles. The van der Waals surface area contributed by atoms with E-state index in [1.807, 2.05) is 0 Å².